The van der Waals surface area contributed by atoms with Crippen LogP contribution < -0.4 is 4.74 Å². The first-order chi connectivity index (χ1) is 11.8. The fraction of sp³-hybridized carbons (Fsp3) is 0.529. The molecule has 0 bridgehead atoms. The average molecular weight is 353 g/mol. The summed E-state index contributed by atoms with van der Waals surface area (Å²) in [4.78, 5) is 35.2. The number of ether oxygens (including phenoxy) is 3. The lowest BCUT2D eigenvalue weighted by molar-refractivity contribution is -0.484. The van der Waals surface area contributed by atoms with Gasteiger partial charge in [-0.1, -0.05) is 12.1 Å². The van der Waals surface area contributed by atoms with E-state index in [4.69, 9.17) is 14.2 Å². The summed E-state index contributed by atoms with van der Waals surface area (Å²) in [5.74, 6) is -3.61. The van der Waals surface area contributed by atoms with Gasteiger partial charge in [-0.2, -0.15) is 0 Å². The lowest BCUT2D eigenvalue weighted by Gasteiger charge is -2.22. The average Bonchev–Trinajstić information content (AvgIpc) is 2.55. The Morgan fingerprint density at radius 2 is 1.72 bits per heavy atom. The molecule has 0 heterocycles. The van der Waals surface area contributed by atoms with Crippen molar-refractivity contribution in [1.82, 2.24) is 0 Å². The molecule has 0 saturated heterocycles. The molecule has 0 N–H and O–H groups in total. The molecule has 25 heavy (non-hydrogen) atoms. The first-order valence-electron chi connectivity index (χ1n) is 7.95. The van der Waals surface area contributed by atoms with Crippen molar-refractivity contribution in [3.8, 4) is 5.75 Å². The van der Waals surface area contributed by atoms with Gasteiger partial charge in [0.1, 0.15) is 5.75 Å². The summed E-state index contributed by atoms with van der Waals surface area (Å²) in [6.45, 7) is 4.50. The number of hydrogen-bond acceptors (Lipinski definition) is 7. The molecule has 1 atom stereocenters. The summed E-state index contributed by atoms with van der Waals surface area (Å²) in [6.07, 6.45) is 0. The second-order valence-electron chi connectivity index (χ2n) is 5.33. The van der Waals surface area contributed by atoms with Crippen LogP contribution in [0.3, 0.4) is 0 Å². The largest absolute Gasteiger partial charge is 0.496 e. The van der Waals surface area contributed by atoms with Crippen molar-refractivity contribution < 1.29 is 28.7 Å². The third kappa shape index (κ3) is 5.44. The maximum atomic E-state index is 12.3. The number of aryl methyl sites for hydroxylation is 1. The van der Waals surface area contributed by atoms with Crippen molar-refractivity contribution in [2.45, 2.75) is 26.7 Å². The normalized spacial score (nSPS) is 11.7. The zero-order chi connectivity index (χ0) is 19.0. The van der Waals surface area contributed by atoms with E-state index in [0.29, 0.717) is 11.3 Å². The molecule has 0 unspecified atom stereocenters. The van der Waals surface area contributed by atoms with Crippen LogP contribution in [-0.2, 0) is 19.1 Å². The van der Waals surface area contributed by atoms with Crippen LogP contribution in [0.1, 0.15) is 30.9 Å². The molecule has 0 aliphatic heterocycles. The first kappa shape index (κ1) is 20.4. The molecule has 0 fully saturated rings. The van der Waals surface area contributed by atoms with Gasteiger partial charge in [-0.15, -0.1) is 0 Å². The summed E-state index contributed by atoms with van der Waals surface area (Å²) in [7, 11) is 1.47. The Hall–Kier alpha value is -2.64. The van der Waals surface area contributed by atoms with Crippen molar-refractivity contribution in [1.29, 1.82) is 0 Å². The smallest absolute Gasteiger partial charge is 0.321 e. The number of rotatable bonds is 9. The fourth-order valence-corrected chi connectivity index (χ4v) is 2.52. The molecule has 8 nitrogen and oxygen atoms in total. The van der Waals surface area contributed by atoms with Crippen LogP contribution in [0.2, 0.25) is 0 Å². The number of nitro groups is 1. The van der Waals surface area contributed by atoms with Gasteiger partial charge < -0.3 is 14.2 Å². The lowest BCUT2D eigenvalue weighted by atomic mass is 9.85. The van der Waals surface area contributed by atoms with Gasteiger partial charge in [0.05, 0.1) is 26.2 Å². The number of esters is 2. The summed E-state index contributed by atoms with van der Waals surface area (Å²) in [5, 5.41) is 11.1. The topological polar surface area (TPSA) is 105 Å². The number of hydrogen-bond donors (Lipinski definition) is 0. The standard InChI is InChI=1S/C17H23NO7/c1-5-24-16(19)15(17(20)25-6-2)13(10-18(21)22)12-8-7-11(3)14(9-12)23-4/h7-9,13,15H,5-6,10H2,1-4H3/t13-/m1/s1. The summed E-state index contributed by atoms with van der Waals surface area (Å²) in [5.41, 5.74) is 1.26. The fourth-order valence-electron chi connectivity index (χ4n) is 2.52. The molecule has 8 heteroatoms. The zero-order valence-electron chi connectivity index (χ0n) is 14.8. The van der Waals surface area contributed by atoms with Crippen LogP contribution in [0.4, 0.5) is 0 Å². The molecule has 0 aliphatic carbocycles. The van der Waals surface area contributed by atoms with Gasteiger partial charge in [-0.05, 0) is 38.0 Å². The van der Waals surface area contributed by atoms with Crippen molar-refractivity contribution in [3.63, 3.8) is 0 Å². The lowest BCUT2D eigenvalue weighted by Crippen LogP contribution is -2.36. The van der Waals surface area contributed by atoms with E-state index >= 15 is 0 Å². The Balaban J connectivity index is 3.38. The Bertz CT molecular complexity index is 611. The molecule has 0 spiro atoms. The summed E-state index contributed by atoms with van der Waals surface area (Å²) >= 11 is 0. The first-order valence-corrected chi connectivity index (χ1v) is 7.95. The van der Waals surface area contributed by atoms with Crippen LogP contribution in [0, 0.1) is 23.0 Å². The quantitative estimate of drug-likeness (QED) is 0.290. The van der Waals surface area contributed by atoms with E-state index in [1.165, 1.54) is 7.11 Å². The molecule has 0 radical (unpaired) electrons. The number of nitrogens with zero attached hydrogens (tertiary/aromatic N) is 1. The second-order valence-corrected chi connectivity index (χ2v) is 5.33. The van der Waals surface area contributed by atoms with Crippen LogP contribution in [0.25, 0.3) is 0 Å². The van der Waals surface area contributed by atoms with E-state index in [0.717, 1.165) is 5.56 Å². The number of carbonyl (C=O) groups is 2. The minimum absolute atomic E-state index is 0.0527. The summed E-state index contributed by atoms with van der Waals surface area (Å²) < 4.78 is 15.1. The van der Waals surface area contributed by atoms with Crippen LogP contribution >= 0.6 is 0 Å². The SMILES string of the molecule is CCOC(=O)C(C(=O)OCC)[C@H](C[N+](=O)[O-])c1ccc(C)c(OC)c1. The molecular weight excluding hydrogens is 330 g/mol. The minimum atomic E-state index is -1.42. The third-order valence-electron chi connectivity index (χ3n) is 3.69. The van der Waals surface area contributed by atoms with Gasteiger partial charge in [-0.25, -0.2) is 0 Å². The number of methoxy groups -OCH3 is 1. The molecular formula is C17H23NO7. The molecule has 0 amide bonds. The second kappa shape index (κ2) is 9.61. The molecule has 1 aromatic carbocycles. The van der Waals surface area contributed by atoms with Crippen LogP contribution in [0.5, 0.6) is 5.75 Å². The highest BCUT2D eigenvalue weighted by atomic mass is 16.6. The van der Waals surface area contributed by atoms with E-state index in [9.17, 15) is 19.7 Å². The highest BCUT2D eigenvalue weighted by Gasteiger charge is 2.41. The van der Waals surface area contributed by atoms with E-state index in [1.807, 2.05) is 6.92 Å². The maximum Gasteiger partial charge on any atom is 0.321 e. The maximum absolute atomic E-state index is 12.3. The third-order valence-corrected chi connectivity index (χ3v) is 3.69. The van der Waals surface area contributed by atoms with E-state index < -0.39 is 35.2 Å². The Morgan fingerprint density at radius 1 is 1.16 bits per heavy atom. The van der Waals surface area contributed by atoms with Crippen molar-refractivity contribution in [2.75, 3.05) is 26.9 Å². The van der Waals surface area contributed by atoms with Gasteiger partial charge in [0.2, 0.25) is 6.54 Å². The van der Waals surface area contributed by atoms with E-state index in [1.54, 1.807) is 32.0 Å². The van der Waals surface area contributed by atoms with Gasteiger partial charge in [0, 0.05) is 4.92 Å². The van der Waals surface area contributed by atoms with Gasteiger partial charge in [0.15, 0.2) is 5.92 Å². The van der Waals surface area contributed by atoms with E-state index in [-0.39, 0.29) is 13.2 Å². The molecule has 0 saturated carbocycles. The van der Waals surface area contributed by atoms with Crippen molar-refractivity contribution in [3.05, 3.63) is 39.4 Å². The van der Waals surface area contributed by atoms with Crippen molar-refractivity contribution >= 4 is 11.9 Å². The Labute approximate surface area is 146 Å². The molecule has 0 aromatic heterocycles. The van der Waals surface area contributed by atoms with E-state index in [2.05, 4.69) is 0 Å². The monoisotopic (exact) mass is 353 g/mol. The zero-order valence-corrected chi connectivity index (χ0v) is 14.8. The Kier molecular flexibility index (Phi) is 7.84. The number of benzene rings is 1. The molecule has 1 rings (SSSR count). The molecule has 1 aromatic rings. The predicted octanol–water partition coefficient (Wildman–Crippen LogP) is 2.11. The van der Waals surface area contributed by atoms with Crippen LogP contribution in [0.15, 0.2) is 18.2 Å². The summed E-state index contributed by atoms with van der Waals surface area (Å²) in [6, 6.07) is 4.95. The van der Waals surface area contributed by atoms with Crippen LogP contribution in [-0.4, -0.2) is 43.7 Å². The number of carbonyl (C=O) groups excluding carboxylic acids is 2. The highest BCUT2D eigenvalue weighted by Crippen LogP contribution is 2.31. The van der Waals surface area contributed by atoms with Gasteiger partial charge in [-0.3, -0.25) is 19.7 Å². The predicted molar refractivity (Wildman–Crippen MR) is 89.1 cm³/mol. The van der Waals surface area contributed by atoms with Gasteiger partial charge in [0.25, 0.3) is 0 Å². The van der Waals surface area contributed by atoms with Crippen molar-refractivity contribution in [2.24, 2.45) is 5.92 Å². The highest BCUT2D eigenvalue weighted by molar-refractivity contribution is 5.96. The van der Waals surface area contributed by atoms with Gasteiger partial charge >= 0.3 is 11.9 Å². The molecule has 138 valence electrons. The minimum Gasteiger partial charge on any atom is -0.496 e. The Morgan fingerprint density at radius 3 is 2.16 bits per heavy atom. The molecule has 0 aliphatic rings.